The lowest BCUT2D eigenvalue weighted by Gasteiger charge is -2.19. The zero-order chi connectivity index (χ0) is 18.6. The molecule has 0 aliphatic carbocycles. The van der Waals surface area contributed by atoms with E-state index in [0.717, 1.165) is 54.0 Å². The molecule has 3 aromatic rings. The Hall–Kier alpha value is -2.94. The van der Waals surface area contributed by atoms with Gasteiger partial charge in [-0.25, -0.2) is 4.39 Å². The molecule has 1 fully saturated rings. The molecule has 0 saturated carbocycles. The number of aryl methyl sites for hydroxylation is 1. The van der Waals surface area contributed by atoms with Crippen LogP contribution in [0.5, 0.6) is 0 Å². The van der Waals surface area contributed by atoms with Gasteiger partial charge < -0.3 is 4.90 Å². The summed E-state index contributed by atoms with van der Waals surface area (Å²) in [5.74, 6) is -0.164. The van der Waals surface area contributed by atoms with Gasteiger partial charge in [0.25, 0.3) is 0 Å². The first-order valence-electron chi connectivity index (χ1n) is 9.45. The molecule has 0 atom stereocenters. The lowest BCUT2D eigenvalue weighted by atomic mass is 10.1. The van der Waals surface area contributed by atoms with Crippen molar-refractivity contribution in [1.29, 1.82) is 0 Å². The first-order valence-corrected chi connectivity index (χ1v) is 9.45. The Morgan fingerprint density at radius 2 is 1.56 bits per heavy atom. The maximum atomic E-state index is 14.5. The molecule has 0 aromatic heterocycles. The molecule has 0 bridgehead atoms. The van der Waals surface area contributed by atoms with Crippen molar-refractivity contribution in [3.8, 4) is 11.1 Å². The maximum absolute atomic E-state index is 14.5. The van der Waals surface area contributed by atoms with Crippen LogP contribution in [0.1, 0.15) is 24.0 Å². The van der Waals surface area contributed by atoms with E-state index < -0.39 is 0 Å². The molecule has 1 heterocycles. The summed E-state index contributed by atoms with van der Waals surface area (Å²) in [7, 11) is 0. The average Bonchev–Trinajstić information content (AvgIpc) is 3.24. The van der Waals surface area contributed by atoms with Crippen molar-refractivity contribution in [3.05, 3.63) is 83.7 Å². The van der Waals surface area contributed by atoms with Crippen LogP contribution in [0.15, 0.2) is 71.7 Å². The van der Waals surface area contributed by atoms with E-state index in [-0.39, 0.29) is 5.82 Å². The fourth-order valence-electron chi connectivity index (χ4n) is 3.54. The Morgan fingerprint density at radius 1 is 0.889 bits per heavy atom. The molecule has 136 valence electrons. The molecule has 0 radical (unpaired) electrons. The number of nitrogens with zero attached hydrogens (tertiary/aromatic N) is 2. The van der Waals surface area contributed by atoms with Gasteiger partial charge in [0.1, 0.15) is 5.82 Å². The Labute approximate surface area is 160 Å². The van der Waals surface area contributed by atoms with E-state index in [2.05, 4.69) is 34.2 Å². The summed E-state index contributed by atoms with van der Waals surface area (Å²) >= 11 is 0. The predicted molar refractivity (Wildman–Crippen MR) is 112 cm³/mol. The molecule has 3 heteroatoms. The number of halogens is 1. The van der Waals surface area contributed by atoms with Crippen molar-refractivity contribution in [2.45, 2.75) is 19.8 Å². The molecule has 1 aliphatic heterocycles. The summed E-state index contributed by atoms with van der Waals surface area (Å²) in [6, 6.07) is 21.9. The van der Waals surface area contributed by atoms with E-state index in [0.29, 0.717) is 0 Å². The van der Waals surface area contributed by atoms with E-state index in [4.69, 9.17) is 0 Å². The second-order valence-corrected chi connectivity index (χ2v) is 7.03. The van der Waals surface area contributed by atoms with Crippen molar-refractivity contribution < 1.29 is 4.39 Å². The summed E-state index contributed by atoms with van der Waals surface area (Å²) in [5, 5.41) is 0. The van der Waals surface area contributed by atoms with Crippen molar-refractivity contribution in [3.63, 3.8) is 0 Å². The van der Waals surface area contributed by atoms with Crippen LogP contribution >= 0.6 is 0 Å². The Bertz CT molecular complexity index is 940. The van der Waals surface area contributed by atoms with Gasteiger partial charge in [-0.3, -0.25) is 4.99 Å². The van der Waals surface area contributed by atoms with Gasteiger partial charge in [0.05, 0.1) is 11.4 Å². The Morgan fingerprint density at radius 3 is 2.26 bits per heavy atom. The zero-order valence-corrected chi connectivity index (χ0v) is 15.5. The van der Waals surface area contributed by atoms with Crippen LogP contribution in [0.3, 0.4) is 0 Å². The summed E-state index contributed by atoms with van der Waals surface area (Å²) in [6.45, 7) is 3.90. The molecule has 1 aliphatic rings. The molecular formula is C24H23FN2. The maximum Gasteiger partial charge on any atom is 0.147 e. The standard InChI is InChI=1S/C24H23FN2/c1-18-15-24(27-13-5-6-14-27)23(25)16-21(18)17-26-22-11-9-20(10-12-22)19-7-3-2-4-8-19/h2-4,7-12,15-17H,5-6,13-14H2,1H3. The minimum Gasteiger partial charge on any atom is -0.369 e. The highest BCUT2D eigenvalue weighted by Gasteiger charge is 2.17. The fourth-order valence-corrected chi connectivity index (χ4v) is 3.54. The predicted octanol–water partition coefficient (Wildman–Crippen LogP) is 6.15. The van der Waals surface area contributed by atoms with Crippen LogP contribution in [-0.2, 0) is 0 Å². The van der Waals surface area contributed by atoms with Gasteiger partial charge in [-0.15, -0.1) is 0 Å². The molecule has 2 nitrogen and oxygen atoms in total. The van der Waals surface area contributed by atoms with Gasteiger partial charge in [0.15, 0.2) is 0 Å². The Balaban J connectivity index is 1.53. The average molecular weight is 358 g/mol. The quantitative estimate of drug-likeness (QED) is 0.511. The van der Waals surface area contributed by atoms with Crippen molar-refractivity contribution in [1.82, 2.24) is 0 Å². The highest BCUT2D eigenvalue weighted by molar-refractivity contribution is 5.85. The van der Waals surface area contributed by atoms with Crippen LogP contribution < -0.4 is 4.90 Å². The molecule has 27 heavy (non-hydrogen) atoms. The Kier molecular flexibility index (Phi) is 5.01. The topological polar surface area (TPSA) is 15.6 Å². The summed E-state index contributed by atoms with van der Waals surface area (Å²) < 4.78 is 14.5. The number of hydrogen-bond acceptors (Lipinski definition) is 2. The summed E-state index contributed by atoms with van der Waals surface area (Å²) in [5.41, 5.74) is 5.79. The van der Waals surface area contributed by atoms with Gasteiger partial charge in [-0.1, -0.05) is 42.5 Å². The lowest BCUT2D eigenvalue weighted by molar-refractivity contribution is 0.622. The molecule has 0 spiro atoms. The van der Waals surface area contributed by atoms with Crippen LogP contribution in [0.25, 0.3) is 11.1 Å². The first kappa shape index (κ1) is 17.5. The third-order valence-electron chi connectivity index (χ3n) is 5.11. The van der Waals surface area contributed by atoms with E-state index in [9.17, 15) is 4.39 Å². The molecule has 4 rings (SSSR count). The molecule has 0 N–H and O–H groups in total. The highest BCUT2D eigenvalue weighted by Crippen LogP contribution is 2.27. The normalized spacial score (nSPS) is 14.2. The van der Waals surface area contributed by atoms with Crippen LogP contribution in [0.2, 0.25) is 0 Å². The molecule has 1 saturated heterocycles. The fraction of sp³-hybridized carbons (Fsp3) is 0.208. The van der Waals surface area contributed by atoms with Crippen molar-refractivity contribution >= 4 is 17.6 Å². The smallest absolute Gasteiger partial charge is 0.147 e. The first-order chi connectivity index (χ1) is 13.2. The SMILES string of the molecule is Cc1cc(N2CCCC2)c(F)cc1C=Nc1ccc(-c2ccccc2)cc1. The number of aliphatic imine (C=N–C) groups is 1. The zero-order valence-electron chi connectivity index (χ0n) is 15.5. The van der Waals surface area contributed by atoms with Gasteiger partial charge in [-0.05, 0) is 66.3 Å². The largest absolute Gasteiger partial charge is 0.369 e. The molecule has 3 aromatic carbocycles. The minimum absolute atomic E-state index is 0.164. The van der Waals surface area contributed by atoms with Gasteiger partial charge in [-0.2, -0.15) is 0 Å². The number of rotatable bonds is 4. The van der Waals surface area contributed by atoms with Crippen molar-refractivity contribution in [2.75, 3.05) is 18.0 Å². The third kappa shape index (κ3) is 3.92. The van der Waals surface area contributed by atoms with Crippen LogP contribution in [-0.4, -0.2) is 19.3 Å². The van der Waals surface area contributed by atoms with Gasteiger partial charge >= 0.3 is 0 Å². The van der Waals surface area contributed by atoms with Crippen LogP contribution in [0, 0.1) is 12.7 Å². The monoisotopic (exact) mass is 358 g/mol. The van der Waals surface area contributed by atoms with E-state index in [1.807, 2.05) is 43.3 Å². The molecule has 0 amide bonds. The molecule has 0 unspecified atom stereocenters. The summed E-state index contributed by atoms with van der Waals surface area (Å²) in [4.78, 5) is 6.67. The van der Waals surface area contributed by atoms with E-state index in [1.54, 1.807) is 12.3 Å². The number of anilines is 1. The van der Waals surface area contributed by atoms with Crippen LogP contribution in [0.4, 0.5) is 15.8 Å². The highest BCUT2D eigenvalue weighted by atomic mass is 19.1. The number of hydrogen-bond donors (Lipinski definition) is 0. The summed E-state index contributed by atoms with van der Waals surface area (Å²) in [6.07, 6.45) is 4.03. The number of benzene rings is 3. The third-order valence-corrected chi connectivity index (χ3v) is 5.11. The second-order valence-electron chi connectivity index (χ2n) is 7.03. The second kappa shape index (κ2) is 7.75. The molecular weight excluding hydrogens is 335 g/mol. The lowest BCUT2D eigenvalue weighted by Crippen LogP contribution is -2.19. The van der Waals surface area contributed by atoms with Gasteiger partial charge in [0, 0.05) is 19.3 Å². The van der Waals surface area contributed by atoms with Gasteiger partial charge in [0.2, 0.25) is 0 Å². The van der Waals surface area contributed by atoms with Crippen molar-refractivity contribution in [2.24, 2.45) is 4.99 Å². The van der Waals surface area contributed by atoms with E-state index >= 15 is 0 Å². The minimum atomic E-state index is -0.164. The van der Waals surface area contributed by atoms with E-state index in [1.165, 1.54) is 5.56 Å².